The van der Waals surface area contributed by atoms with Crippen molar-refractivity contribution in [1.29, 1.82) is 0 Å². The number of likely N-dealkylation sites (tertiary alicyclic amines) is 1. The summed E-state index contributed by atoms with van der Waals surface area (Å²) in [5, 5.41) is 5.79. The molecule has 1 atom stereocenters. The lowest BCUT2D eigenvalue weighted by Crippen LogP contribution is -2.46. The van der Waals surface area contributed by atoms with Crippen molar-refractivity contribution in [3.63, 3.8) is 0 Å². The fraction of sp³-hybridized carbons (Fsp3) is 0.412. The summed E-state index contributed by atoms with van der Waals surface area (Å²) in [7, 11) is 0. The van der Waals surface area contributed by atoms with E-state index in [1.54, 1.807) is 12.1 Å². The van der Waals surface area contributed by atoms with Crippen LogP contribution >= 0.6 is 0 Å². The first kappa shape index (κ1) is 34.3. The van der Waals surface area contributed by atoms with Gasteiger partial charge in [0.15, 0.2) is 17.3 Å². The van der Waals surface area contributed by atoms with Gasteiger partial charge < -0.3 is 25.0 Å². The molecule has 1 spiro atoms. The number of Topliss-reactive ketones (excluding diaryl/α,β-unsaturated/α-hetero) is 1. The highest BCUT2D eigenvalue weighted by Crippen LogP contribution is 2.51. The van der Waals surface area contributed by atoms with E-state index in [1.807, 2.05) is 39.0 Å². The van der Waals surface area contributed by atoms with Crippen molar-refractivity contribution in [2.45, 2.75) is 58.4 Å². The zero-order valence-corrected chi connectivity index (χ0v) is 26.3. The van der Waals surface area contributed by atoms with Gasteiger partial charge in [0, 0.05) is 41.5 Å². The maximum Gasteiger partial charge on any atom is 0.313 e. The maximum atomic E-state index is 14.3. The standard InChI is InChI=1S/C34H38F3N3O6/c1-6-15-45-28(42)17-25(26(41)19-46-30-20(2)22(35)16-23(36)29(30)37)38-27-18-34(27)11-13-40(14-12-34)32(44)31(43)39-24-10-8-7-9-21(24)33(3,4)5/h6-10,16,18,25,38H,1,11-15,17,19H2,2-5H3,(H,39,43)/t25-/m0/s1. The van der Waals surface area contributed by atoms with Crippen molar-refractivity contribution in [3.05, 3.63) is 83.3 Å². The van der Waals surface area contributed by atoms with Crippen LogP contribution in [0.25, 0.3) is 0 Å². The Balaban J connectivity index is 1.37. The van der Waals surface area contributed by atoms with E-state index in [1.165, 1.54) is 17.9 Å². The van der Waals surface area contributed by atoms with Crippen LogP contribution in [0.2, 0.25) is 0 Å². The van der Waals surface area contributed by atoms with E-state index in [0.29, 0.717) is 30.3 Å². The number of anilines is 1. The minimum atomic E-state index is -1.46. The number of para-hydroxylation sites is 1. The molecule has 1 aliphatic carbocycles. The molecule has 0 saturated carbocycles. The van der Waals surface area contributed by atoms with E-state index in [0.717, 1.165) is 5.56 Å². The molecule has 9 nitrogen and oxygen atoms in total. The van der Waals surface area contributed by atoms with Crippen molar-refractivity contribution < 1.29 is 41.8 Å². The average Bonchev–Trinajstić information content (AvgIpc) is 3.68. The molecule has 2 aromatic rings. The van der Waals surface area contributed by atoms with Crippen molar-refractivity contribution >= 4 is 29.3 Å². The van der Waals surface area contributed by atoms with Gasteiger partial charge in [-0.25, -0.2) is 8.78 Å². The Morgan fingerprint density at radius 3 is 2.41 bits per heavy atom. The minimum absolute atomic E-state index is 0.0743. The van der Waals surface area contributed by atoms with Crippen LogP contribution in [-0.4, -0.2) is 60.8 Å². The fourth-order valence-electron chi connectivity index (χ4n) is 5.40. The van der Waals surface area contributed by atoms with Crippen LogP contribution in [0.3, 0.4) is 0 Å². The van der Waals surface area contributed by atoms with Crippen LogP contribution < -0.4 is 15.4 Å². The molecule has 2 amide bonds. The number of halogens is 3. The van der Waals surface area contributed by atoms with Crippen LogP contribution in [0.5, 0.6) is 5.75 Å². The first-order valence-electron chi connectivity index (χ1n) is 14.9. The Labute approximate surface area is 265 Å². The van der Waals surface area contributed by atoms with Crippen LogP contribution in [0.1, 0.15) is 51.2 Å². The second kappa shape index (κ2) is 13.8. The summed E-state index contributed by atoms with van der Waals surface area (Å²) in [5.74, 6) is -7.44. The number of hydrogen-bond acceptors (Lipinski definition) is 7. The second-order valence-electron chi connectivity index (χ2n) is 12.5. The highest BCUT2D eigenvalue weighted by atomic mass is 19.2. The first-order chi connectivity index (χ1) is 21.7. The van der Waals surface area contributed by atoms with Gasteiger partial charge >= 0.3 is 17.8 Å². The van der Waals surface area contributed by atoms with Crippen molar-refractivity contribution in [2.75, 3.05) is 31.6 Å². The summed E-state index contributed by atoms with van der Waals surface area (Å²) in [6, 6.07) is 6.55. The van der Waals surface area contributed by atoms with E-state index in [9.17, 15) is 32.3 Å². The molecule has 0 aromatic heterocycles. The molecular formula is C34H38F3N3O6. The Hall–Kier alpha value is -4.61. The lowest BCUT2D eigenvalue weighted by Gasteiger charge is -2.33. The third-order valence-corrected chi connectivity index (χ3v) is 8.17. The number of ether oxygens (including phenoxy) is 2. The number of hydrogen-bond donors (Lipinski definition) is 2. The summed E-state index contributed by atoms with van der Waals surface area (Å²) < 4.78 is 52.2. The van der Waals surface area contributed by atoms with Gasteiger partial charge in [-0.15, -0.1) is 0 Å². The lowest BCUT2D eigenvalue weighted by atomic mass is 9.86. The number of nitrogens with zero attached hydrogens (tertiary/aromatic N) is 1. The molecule has 0 bridgehead atoms. The number of benzene rings is 2. The predicted octanol–water partition coefficient (Wildman–Crippen LogP) is 4.88. The molecule has 12 heteroatoms. The van der Waals surface area contributed by atoms with Gasteiger partial charge in [0.05, 0.1) is 12.5 Å². The van der Waals surface area contributed by atoms with Gasteiger partial charge in [0.25, 0.3) is 0 Å². The molecule has 2 N–H and O–H groups in total. The third kappa shape index (κ3) is 7.78. The van der Waals surface area contributed by atoms with Gasteiger partial charge in [-0.05, 0) is 36.8 Å². The van der Waals surface area contributed by atoms with E-state index in [2.05, 4.69) is 17.2 Å². The highest BCUT2D eigenvalue weighted by Gasteiger charge is 2.48. The lowest BCUT2D eigenvalue weighted by molar-refractivity contribution is -0.144. The summed E-state index contributed by atoms with van der Waals surface area (Å²) in [6.45, 7) is 10.4. The monoisotopic (exact) mass is 641 g/mol. The Bertz CT molecular complexity index is 1550. The van der Waals surface area contributed by atoms with Gasteiger partial charge in [-0.3, -0.25) is 19.2 Å². The van der Waals surface area contributed by atoms with Crippen LogP contribution in [0, 0.1) is 29.8 Å². The Kier molecular flexibility index (Phi) is 10.3. The summed E-state index contributed by atoms with van der Waals surface area (Å²) >= 11 is 0. The van der Waals surface area contributed by atoms with Crippen molar-refractivity contribution in [1.82, 2.24) is 10.2 Å². The Morgan fingerprint density at radius 2 is 1.76 bits per heavy atom. The molecule has 0 radical (unpaired) electrons. The smallest absolute Gasteiger partial charge is 0.313 e. The molecule has 1 fully saturated rings. The van der Waals surface area contributed by atoms with E-state index < -0.39 is 71.3 Å². The van der Waals surface area contributed by atoms with Gasteiger partial charge in [0.1, 0.15) is 19.0 Å². The Morgan fingerprint density at radius 1 is 1.09 bits per heavy atom. The van der Waals surface area contributed by atoms with E-state index in [-0.39, 0.29) is 30.7 Å². The number of carbonyl (C=O) groups is 4. The number of allylic oxidation sites excluding steroid dienone is 2. The predicted molar refractivity (Wildman–Crippen MR) is 164 cm³/mol. The number of nitrogens with one attached hydrogen (secondary N) is 2. The van der Waals surface area contributed by atoms with Gasteiger partial charge in [-0.2, -0.15) is 4.39 Å². The third-order valence-electron chi connectivity index (χ3n) is 8.17. The molecule has 1 heterocycles. The van der Waals surface area contributed by atoms with Crippen LogP contribution in [-0.2, 0) is 29.3 Å². The number of piperidine rings is 1. The van der Waals surface area contributed by atoms with E-state index >= 15 is 0 Å². The quantitative estimate of drug-likeness (QED) is 0.156. The van der Waals surface area contributed by atoms with E-state index in [4.69, 9.17) is 9.47 Å². The molecule has 2 aromatic carbocycles. The maximum absolute atomic E-state index is 14.3. The molecule has 2 aliphatic rings. The molecule has 46 heavy (non-hydrogen) atoms. The second-order valence-corrected chi connectivity index (χ2v) is 12.5. The number of ketones is 1. The molecular weight excluding hydrogens is 603 g/mol. The molecule has 1 saturated heterocycles. The molecule has 1 aliphatic heterocycles. The summed E-state index contributed by atoms with van der Waals surface area (Å²) in [5.41, 5.74) is 1.12. The summed E-state index contributed by atoms with van der Waals surface area (Å²) in [6.07, 6.45) is 3.79. The average molecular weight is 642 g/mol. The zero-order valence-electron chi connectivity index (χ0n) is 26.3. The van der Waals surface area contributed by atoms with Crippen molar-refractivity contribution in [3.8, 4) is 5.75 Å². The van der Waals surface area contributed by atoms with Gasteiger partial charge in [0.2, 0.25) is 5.82 Å². The highest BCUT2D eigenvalue weighted by molar-refractivity contribution is 6.39. The normalized spacial score (nSPS) is 15.8. The molecule has 246 valence electrons. The first-order valence-corrected chi connectivity index (χ1v) is 14.9. The zero-order chi connectivity index (χ0) is 33.8. The topological polar surface area (TPSA) is 114 Å². The fourth-order valence-corrected chi connectivity index (χ4v) is 5.40. The van der Waals surface area contributed by atoms with Crippen LogP contribution in [0.4, 0.5) is 18.9 Å². The minimum Gasteiger partial charge on any atom is -0.482 e. The number of carbonyl (C=O) groups excluding carboxylic acids is 4. The number of rotatable bonds is 11. The number of amides is 2. The summed E-state index contributed by atoms with van der Waals surface area (Å²) in [4.78, 5) is 52.9. The molecule has 0 unspecified atom stereocenters. The molecule has 4 rings (SSSR count). The SMILES string of the molecule is C=CCOC(=O)C[C@H](NC1=CC12CCN(C(=O)C(=O)Nc1ccccc1C(C)(C)C)CC2)C(=O)COc1c(C)c(F)cc(F)c1F. The van der Waals surface area contributed by atoms with Gasteiger partial charge in [-0.1, -0.05) is 57.7 Å². The number of esters is 1. The van der Waals surface area contributed by atoms with Crippen molar-refractivity contribution in [2.24, 2.45) is 5.41 Å². The largest absolute Gasteiger partial charge is 0.482 e. The van der Waals surface area contributed by atoms with Crippen LogP contribution in [0.15, 0.2) is 54.8 Å².